The van der Waals surface area contributed by atoms with Crippen molar-refractivity contribution in [3.8, 4) is 11.5 Å². The number of carbonyl (C=O) groups is 1. The summed E-state index contributed by atoms with van der Waals surface area (Å²) in [5, 5.41) is 17.6. The van der Waals surface area contributed by atoms with Gasteiger partial charge in [-0.1, -0.05) is 0 Å². The standard InChI is InChI=1S/C18H14FN5O3/c1-10-7-13(8-11(2)15(10)25)23-24-18-21-9-20-16(22-18)17(26)27-14-5-3-12(19)4-6-14/h3-9,25H,1-2H3/b24-23+. The van der Waals surface area contributed by atoms with E-state index in [2.05, 4.69) is 25.2 Å². The number of phenolic OH excluding ortho intramolecular Hbond substituents is 1. The lowest BCUT2D eigenvalue weighted by atomic mass is 10.1. The number of hydrogen-bond acceptors (Lipinski definition) is 8. The Kier molecular flexibility index (Phi) is 5.11. The number of aryl methyl sites for hydroxylation is 2. The van der Waals surface area contributed by atoms with Crippen LogP contribution in [0.1, 0.15) is 21.7 Å². The van der Waals surface area contributed by atoms with Crippen LogP contribution in [0.15, 0.2) is 53.0 Å². The Balaban J connectivity index is 1.77. The van der Waals surface area contributed by atoms with Gasteiger partial charge >= 0.3 is 5.97 Å². The highest BCUT2D eigenvalue weighted by Gasteiger charge is 2.13. The van der Waals surface area contributed by atoms with Crippen molar-refractivity contribution in [1.29, 1.82) is 0 Å². The average molecular weight is 367 g/mol. The topological polar surface area (TPSA) is 110 Å². The van der Waals surface area contributed by atoms with Crippen molar-refractivity contribution in [2.45, 2.75) is 13.8 Å². The molecule has 0 aliphatic rings. The first-order valence-corrected chi connectivity index (χ1v) is 7.81. The molecule has 0 radical (unpaired) electrons. The van der Waals surface area contributed by atoms with Gasteiger partial charge in [0.15, 0.2) is 0 Å². The number of carbonyl (C=O) groups excluding carboxylic acids is 1. The number of ether oxygens (including phenoxy) is 1. The number of azo groups is 1. The predicted octanol–water partition coefficient (Wildman–Crippen LogP) is 3.97. The molecule has 3 rings (SSSR count). The zero-order valence-corrected chi connectivity index (χ0v) is 14.4. The van der Waals surface area contributed by atoms with Gasteiger partial charge in [-0.3, -0.25) is 0 Å². The quantitative estimate of drug-likeness (QED) is 0.424. The fraction of sp³-hybridized carbons (Fsp3) is 0.111. The highest BCUT2D eigenvalue weighted by atomic mass is 19.1. The molecule has 9 heteroatoms. The molecule has 0 unspecified atom stereocenters. The number of halogens is 1. The van der Waals surface area contributed by atoms with Gasteiger partial charge in [0.05, 0.1) is 5.69 Å². The molecule has 0 fully saturated rings. The van der Waals surface area contributed by atoms with Crippen molar-refractivity contribution in [2.75, 3.05) is 0 Å². The predicted molar refractivity (Wildman–Crippen MR) is 92.9 cm³/mol. The first kappa shape index (κ1) is 18.1. The van der Waals surface area contributed by atoms with E-state index in [-0.39, 0.29) is 23.3 Å². The molecule has 136 valence electrons. The Labute approximate surface area is 153 Å². The van der Waals surface area contributed by atoms with Gasteiger partial charge in [-0.05, 0) is 61.4 Å². The normalized spacial score (nSPS) is 10.9. The molecule has 2 aromatic carbocycles. The Bertz CT molecular complexity index is 999. The van der Waals surface area contributed by atoms with Gasteiger partial charge in [-0.15, -0.1) is 10.2 Å². The van der Waals surface area contributed by atoms with Gasteiger partial charge in [0.1, 0.15) is 23.6 Å². The summed E-state index contributed by atoms with van der Waals surface area (Å²) in [6.07, 6.45) is 1.11. The molecule has 0 bridgehead atoms. The van der Waals surface area contributed by atoms with Crippen LogP contribution in [0.4, 0.5) is 16.0 Å². The van der Waals surface area contributed by atoms with Gasteiger partial charge in [-0.2, -0.15) is 9.97 Å². The molecule has 0 spiro atoms. The number of aromatic hydroxyl groups is 1. The number of benzene rings is 2. The van der Waals surface area contributed by atoms with Gasteiger partial charge < -0.3 is 9.84 Å². The van der Waals surface area contributed by atoms with Crippen molar-refractivity contribution >= 4 is 17.6 Å². The fourth-order valence-electron chi connectivity index (χ4n) is 2.18. The van der Waals surface area contributed by atoms with Crippen LogP contribution in [0, 0.1) is 19.7 Å². The number of aromatic nitrogens is 3. The SMILES string of the molecule is Cc1cc(/N=N/c2ncnc(C(=O)Oc3ccc(F)cc3)n2)cc(C)c1O. The molecule has 0 saturated heterocycles. The van der Waals surface area contributed by atoms with E-state index in [0.717, 1.165) is 18.5 Å². The zero-order valence-electron chi connectivity index (χ0n) is 14.4. The first-order valence-electron chi connectivity index (χ1n) is 7.81. The molecule has 1 N–H and O–H groups in total. The monoisotopic (exact) mass is 367 g/mol. The van der Waals surface area contributed by atoms with Crippen LogP contribution in [0.3, 0.4) is 0 Å². The molecular formula is C18H14FN5O3. The maximum atomic E-state index is 12.9. The average Bonchev–Trinajstić information content (AvgIpc) is 2.66. The molecule has 1 heterocycles. The molecule has 27 heavy (non-hydrogen) atoms. The number of esters is 1. The Morgan fingerprint density at radius 3 is 2.41 bits per heavy atom. The molecule has 0 saturated carbocycles. The van der Waals surface area contributed by atoms with Crippen LogP contribution in [0.5, 0.6) is 11.5 Å². The van der Waals surface area contributed by atoms with E-state index >= 15 is 0 Å². The summed E-state index contributed by atoms with van der Waals surface area (Å²) in [7, 11) is 0. The van der Waals surface area contributed by atoms with Gasteiger partial charge in [0, 0.05) is 0 Å². The largest absolute Gasteiger partial charge is 0.507 e. The molecule has 0 aliphatic carbocycles. The summed E-state index contributed by atoms with van der Waals surface area (Å²) in [5.41, 5.74) is 1.81. The molecule has 3 aromatic rings. The summed E-state index contributed by atoms with van der Waals surface area (Å²) in [6, 6.07) is 8.25. The highest BCUT2D eigenvalue weighted by Crippen LogP contribution is 2.27. The zero-order chi connectivity index (χ0) is 19.4. The van der Waals surface area contributed by atoms with E-state index in [9.17, 15) is 14.3 Å². The summed E-state index contributed by atoms with van der Waals surface area (Å²) < 4.78 is 17.9. The van der Waals surface area contributed by atoms with Crippen LogP contribution in [-0.2, 0) is 0 Å². The third-order valence-electron chi connectivity index (χ3n) is 3.50. The highest BCUT2D eigenvalue weighted by molar-refractivity contribution is 5.87. The van der Waals surface area contributed by atoms with Crippen molar-refractivity contribution in [2.24, 2.45) is 10.2 Å². The van der Waals surface area contributed by atoms with E-state index in [1.54, 1.807) is 26.0 Å². The minimum Gasteiger partial charge on any atom is -0.507 e. The van der Waals surface area contributed by atoms with Gasteiger partial charge in [0.2, 0.25) is 5.82 Å². The van der Waals surface area contributed by atoms with Crippen LogP contribution < -0.4 is 4.74 Å². The van der Waals surface area contributed by atoms with Crippen LogP contribution in [-0.4, -0.2) is 26.0 Å². The lowest BCUT2D eigenvalue weighted by Gasteiger charge is -2.04. The molecule has 0 amide bonds. The molecule has 0 atom stereocenters. The third-order valence-corrected chi connectivity index (χ3v) is 3.50. The molecular weight excluding hydrogens is 353 g/mol. The molecule has 0 aliphatic heterocycles. The molecule has 1 aromatic heterocycles. The van der Waals surface area contributed by atoms with Gasteiger partial charge in [-0.25, -0.2) is 14.2 Å². The Morgan fingerprint density at radius 1 is 1.07 bits per heavy atom. The van der Waals surface area contributed by atoms with E-state index < -0.39 is 11.8 Å². The summed E-state index contributed by atoms with van der Waals surface area (Å²) in [5.74, 6) is -1.28. The number of nitrogens with zero attached hydrogens (tertiary/aromatic N) is 5. The number of rotatable bonds is 4. The minimum atomic E-state index is -0.836. The smallest absolute Gasteiger partial charge is 0.381 e. The lowest BCUT2D eigenvalue weighted by molar-refractivity contribution is 0.0721. The summed E-state index contributed by atoms with van der Waals surface area (Å²) in [6.45, 7) is 3.49. The number of hydrogen-bond donors (Lipinski definition) is 1. The van der Waals surface area contributed by atoms with Crippen LogP contribution in [0.25, 0.3) is 0 Å². The van der Waals surface area contributed by atoms with Crippen molar-refractivity contribution in [3.05, 3.63) is 65.5 Å². The molecule has 8 nitrogen and oxygen atoms in total. The summed E-state index contributed by atoms with van der Waals surface area (Å²) in [4.78, 5) is 23.5. The second kappa shape index (κ2) is 7.65. The fourth-order valence-corrected chi connectivity index (χ4v) is 2.18. The van der Waals surface area contributed by atoms with Crippen molar-refractivity contribution in [3.63, 3.8) is 0 Å². The van der Waals surface area contributed by atoms with Crippen LogP contribution in [0.2, 0.25) is 0 Å². The first-order chi connectivity index (χ1) is 12.9. The second-order valence-corrected chi connectivity index (χ2v) is 5.58. The lowest BCUT2D eigenvalue weighted by Crippen LogP contribution is -2.13. The van der Waals surface area contributed by atoms with E-state index in [4.69, 9.17) is 4.74 Å². The van der Waals surface area contributed by atoms with Crippen LogP contribution >= 0.6 is 0 Å². The van der Waals surface area contributed by atoms with E-state index in [0.29, 0.717) is 16.8 Å². The van der Waals surface area contributed by atoms with Crippen molar-refractivity contribution < 1.29 is 19.0 Å². The van der Waals surface area contributed by atoms with E-state index in [1.807, 2.05) is 0 Å². The Hall–Kier alpha value is -3.75. The Morgan fingerprint density at radius 2 is 1.74 bits per heavy atom. The minimum absolute atomic E-state index is 0.0839. The number of phenols is 1. The maximum Gasteiger partial charge on any atom is 0.381 e. The van der Waals surface area contributed by atoms with E-state index in [1.165, 1.54) is 12.1 Å². The van der Waals surface area contributed by atoms with Crippen molar-refractivity contribution in [1.82, 2.24) is 15.0 Å². The van der Waals surface area contributed by atoms with Gasteiger partial charge in [0.25, 0.3) is 5.95 Å². The third kappa shape index (κ3) is 4.46. The summed E-state index contributed by atoms with van der Waals surface area (Å²) >= 11 is 0. The second-order valence-electron chi connectivity index (χ2n) is 5.58. The maximum absolute atomic E-state index is 12.9.